The van der Waals surface area contributed by atoms with Crippen molar-refractivity contribution in [2.24, 2.45) is 0 Å². The van der Waals surface area contributed by atoms with Gasteiger partial charge in [-0.1, -0.05) is 0 Å². The Morgan fingerprint density at radius 1 is 1.06 bits per heavy atom. The SMILES string of the molecule is Cc1nc(C)nc(-c2ccc3c(c2)CCN3)n1. The second-order valence-corrected chi connectivity index (χ2v) is 4.30. The van der Waals surface area contributed by atoms with E-state index in [0.29, 0.717) is 0 Å². The fourth-order valence-electron chi connectivity index (χ4n) is 2.19. The van der Waals surface area contributed by atoms with E-state index in [1.54, 1.807) is 0 Å². The van der Waals surface area contributed by atoms with Crippen molar-refractivity contribution in [2.45, 2.75) is 20.3 Å². The van der Waals surface area contributed by atoms with Gasteiger partial charge in [0.15, 0.2) is 5.82 Å². The van der Waals surface area contributed by atoms with Crippen LogP contribution < -0.4 is 5.32 Å². The molecule has 4 heteroatoms. The van der Waals surface area contributed by atoms with Crippen LogP contribution in [0.25, 0.3) is 11.4 Å². The summed E-state index contributed by atoms with van der Waals surface area (Å²) in [5.41, 5.74) is 3.65. The van der Waals surface area contributed by atoms with Crippen LogP contribution in [0.4, 0.5) is 5.69 Å². The Hall–Kier alpha value is -1.97. The van der Waals surface area contributed by atoms with Gasteiger partial charge in [0.1, 0.15) is 11.6 Å². The van der Waals surface area contributed by atoms with Crippen LogP contribution in [0.5, 0.6) is 0 Å². The molecule has 1 N–H and O–H groups in total. The molecule has 1 aliphatic heterocycles. The third-order valence-corrected chi connectivity index (χ3v) is 2.93. The van der Waals surface area contributed by atoms with Crippen LogP contribution in [-0.2, 0) is 6.42 Å². The van der Waals surface area contributed by atoms with Crippen molar-refractivity contribution in [3.05, 3.63) is 35.4 Å². The molecule has 1 aromatic heterocycles. The molecular weight excluding hydrogens is 212 g/mol. The second-order valence-electron chi connectivity index (χ2n) is 4.30. The molecule has 0 bridgehead atoms. The van der Waals surface area contributed by atoms with E-state index in [4.69, 9.17) is 0 Å². The summed E-state index contributed by atoms with van der Waals surface area (Å²) < 4.78 is 0. The van der Waals surface area contributed by atoms with Crippen molar-refractivity contribution in [1.82, 2.24) is 15.0 Å². The number of nitrogens with one attached hydrogen (secondary N) is 1. The Labute approximate surface area is 100 Å². The maximum Gasteiger partial charge on any atom is 0.163 e. The number of fused-ring (bicyclic) bond motifs is 1. The Morgan fingerprint density at radius 2 is 1.82 bits per heavy atom. The van der Waals surface area contributed by atoms with Gasteiger partial charge in [-0.2, -0.15) is 0 Å². The molecule has 4 nitrogen and oxygen atoms in total. The summed E-state index contributed by atoms with van der Waals surface area (Å²) >= 11 is 0. The minimum absolute atomic E-state index is 0.768. The van der Waals surface area contributed by atoms with E-state index in [1.165, 1.54) is 11.3 Å². The van der Waals surface area contributed by atoms with Gasteiger partial charge in [-0.15, -0.1) is 0 Å². The molecule has 0 fully saturated rings. The molecule has 0 unspecified atom stereocenters. The van der Waals surface area contributed by atoms with Crippen LogP contribution in [-0.4, -0.2) is 21.5 Å². The first-order valence-corrected chi connectivity index (χ1v) is 5.79. The van der Waals surface area contributed by atoms with E-state index in [-0.39, 0.29) is 0 Å². The minimum atomic E-state index is 0.768. The average Bonchev–Trinajstić information content (AvgIpc) is 2.74. The predicted molar refractivity (Wildman–Crippen MR) is 66.9 cm³/mol. The maximum absolute atomic E-state index is 4.39. The third kappa shape index (κ3) is 1.86. The van der Waals surface area contributed by atoms with Gasteiger partial charge in [0.25, 0.3) is 0 Å². The monoisotopic (exact) mass is 226 g/mol. The highest BCUT2D eigenvalue weighted by molar-refractivity contribution is 5.65. The zero-order chi connectivity index (χ0) is 11.8. The zero-order valence-corrected chi connectivity index (χ0v) is 9.99. The number of anilines is 1. The standard InChI is InChI=1S/C13H14N4/c1-8-15-9(2)17-13(16-8)11-3-4-12-10(7-11)5-6-14-12/h3-4,7,14H,5-6H2,1-2H3. The normalized spacial score (nSPS) is 13.3. The summed E-state index contributed by atoms with van der Waals surface area (Å²) in [7, 11) is 0. The Bertz CT molecular complexity index is 557. The van der Waals surface area contributed by atoms with Gasteiger partial charge < -0.3 is 5.32 Å². The first-order chi connectivity index (χ1) is 8.22. The number of nitrogens with zero attached hydrogens (tertiary/aromatic N) is 3. The van der Waals surface area contributed by atoms with E-state index in [2.05, 4.69) is 38.5 Å². The van der Waals surface area contributed by atoms with Crippen LogP contribution >= 0.6 is 0 Å². The van der Waals surface area contributed by atoms with Crippen molar-refractivity contribution in [3.8, 4) is 11.4 Å². The molecule has 2 heterocycles. The lowest BCUT2D eigenvalue weighted by Crippen LogP contribution is -1.99. The fourth-order valence-corrected chi connectivity index (χ4v) is 2.19. The molecular formula is C13H14N4. The molecule has 1 aromatic carbocycles. The highest BCUT2D eigenvalue weighted by Gasteiger charge is 2.12. The number of aromatic nitrogens is 3. The summed E-state index contributed by atoms with van der Waals surface area (Å²) in [5.74, 6) is 2.31. The highest BCUT2D eigenvalue weighted by atomic mass is 15.0. The van der Waals surface area contributed by atoms with E-state index in [1.807, 2.05) is 13.8 Å². The number of rotatable bonds is 1. The van der Waals surface area contributed by atoms with Crippen LogP contribution in [0.1, 0.15) is 17.2 Å². The first kappa shape index (κ1) is 10.2. The average molecular weight is 226 g/mol. The van der Waals surface area contributed by atoms with Gasteiger partial charge in [-0.3, -0.25) is 0 Å². The van der Waals surface area contributed by atoms with Gasteiger partial charge in [0, 0.05) is 17.8 Å². The van der Waals surface area contributed by atoms with Crippen molar-refractivity contribution in [3.63, 3.8) is 0 Å². The van der Waals surface area contributed by atoms with E-state index in [9.17, 15) is 0 Å². The summed E-state index contributed by atoms with van der Waals surface area (Å²) in [6.07, 6.45) is 1.08. The molecule has 0 saturated carbocycles. The Kier molecular flexibility index (Phi) is 2.28. The Balaban J connectivity index is 2.09. The molecule has 17 heavy (non-hydrogen) atoms. The molecule has 2 aromatic rings. The van der Waals surface area contributed by atoms with Crippen molar-refractivity contribution in [2.75, 3.05) is 11.9 Å². The lowest BCUT2D eigenvalue weighted by Gasteiger charge is -2.05. The molecule has 0 spiro atoms. The zero-order valence-electron chi connectivity index (χ0n) is 9.99. The first-order valence-electron chi connectivity index (χ1n) is 5.79. The number of hydrogen-bond donors (Lipinski definition) is 1. The molecule has 3 rings (SSSR count). The summed E-state index contributed by atoms with van der Waals surface area (Å²) in [4.78, 5) is 13.0. The molecule has 0 saturated heterocycles. The molecule has 86 valence electrons. The quantitative estimate of drug-likeness (QED) is 0.809. The lowest BCUT2D eigenvalue weighted by atomic mass is 10.1. The summed E-state index contributed by atoms with van der Waals surface area (Å²) in [6, 6.07) is 6.33. The third-order valence-electron chi connectivity index (χ3n) is 2.93. The topological polar surface area (TPSA) is 50.7 Å². The van der Waals surface area contributed by atoms with Gasteiger partial charge in [0.05, 0.1) is 0 Å². The molecule has 1 aliphatic rings. The summed E-state index contributed by atoms with van der Waals surface area (Å²) in [6.45, 7) is 4.81. The van der Waals surface area contributed by atoms with Crippen molar-refractivity contribution < 1.29 is 0 Å². The van der Waals surface area contributed by atoms with Gasteiger partial charge in [-0.25, -0.2) is 15.0 Å². The van der Waals surface area contributed by atoms with Crippen LogP contribution in [0.3, 0.4) is 0 Å². The lowest BCUT2D eigenvalue weighted by molar-refractivity contribution is 0.928. The smallest absolute Gasteiger partial charge is 0.163 e. The highest BCUT2D eigenvalue weighted by Crippen LogP contribution is 2.26. The number of benzene rings is 1. The minimum Gasteiger partial charge on any atom is -0.384 e. The fraction of sp³-hybridized carbons (Fsp3) is 0.308. The molecule has 0 atom stereocenters. The van der Waals surface area contributed by atoms with Crippen molar-refractivity contribution in [1.29, 1.82) is 0 Å². The van der Waals surface area contributed by atoms with Crippen LogP contribution in [0.15, 0.2) is 18.2 Å². The van der Waals surface area contributed by atoms with Gasteiger partial charge in [0.2, 0.25) is 0 Å². The van der Waals surface area contributed by atoms with Crippen molar-refractivity contribution >= 4 is 5.69 Å². The largest absolute Gasteiger partial charge is 0.384 e. The van der Waals surface area contributed by atoms with Crippen LogP contribution in [0.2, 0.25) is 0 Å². The Morgan fingerprint density at radius 3 is 2.59 bits per heavy atom. The molecule has 0 radical (unpaired) electrons. The predicted octanol–water partition coefficient (Wildman–Crippen LogP) is 2.12. The van der Waals surface area contributed by atoms with E-state index >= 15 is 0 Å². The molecule has 0 amide bonds. The van der Waals surface area contributed by atoms with Gasteiger partial charge in [-0.05, 0) is 44.0 Å². The second kappa shape index (κ2) is 3.80. The van der Waals surface area contributed by atoms with E-state index < -0.39 is 0 Å². The van der Waals surface area contributed by atoms with E-state index in [0.717, 1.165) is 36.0 Å². The summed E-state index contributed by atoms with van der Waals surface area (Å²) in [5, 5.41) is 3.35. The van der Waals surface area contributed by atoms with Gasteiger partial charge >= 0.3 is 0 Å². The maximum atomic E-state index is 4.39. The van der Waals surface area contributed by atoms with Crippen LogP contribution in [0, 0.1) is 13.8 Å². The number of hydrogen-bond acceptors (Lipinski definition) is 4. The number of aryl methyl sites for hydroxylation is 2. The molecule has 0 aliphatic carbocycles.